The number of methoxy groups -OCH3 is 1. The summed E-state index contributed by atoms with van der Waals surface area (Å²) < 4.78 is 7.05. The largest absolute Gasteiger partial charge is 0.497 e. The lowest BCUT2D eigenvalue weighted by atomic mass is 10.1. The van der Waals surface area contributed by atoms with Crippen molar-refractivity contribution < 1.29 is 9.94 Å². The van der Waals surface area contributed by atoms with Gasteiger partial charge in [0.1, 0.15) is 11.8 Å². The highest BCUT2D eigenvalue weighted by Crippen LogP contribution is 2.23. The molecule has 2 aromatic rings. The fraction of sp³-hybridized carbons (Fsp3) is 0.154. The van der Waals surface area contributed by atoms with Crippen LogP contribution in [0.15, 0.2) is 53.9 Å². The molecule has 0 aliphatic rings. The number of amidine groups is 1. The number of benzene rings is 1. The molecule has 0 aliphatic heterocycles. The molecule has 0 bridgehead atoms. The van der Waals surface area contributed by atoms with Crippen molar-refractivity contribution in [3.8, 4) is 5.75 Å². The van der Waals surface area contributed by atoms with Crippen LogP contribution in [0.25, 0.3) is 0 Å². The van der Waals surface area contributed by atoms with E-state index < -0.39 is 0 Å². The summed E-state index contributed by atoms with van der Waals surface area (Å²) in [5.41, 5.74) is 6.66. The van der Waals surface area contributed by atoms with E-state index in [1.807, 2.05) is 53.4 Å². The van der Waals surface area contributed by atoms with Crippen LogP contribution in [0.5, 0.6) is 5.75 Å². The molecule has 0 radical (unpaired) electrons. The minimum Gasteiger partial charge on any atom is -0.497 e. The fourth-order valence-corrected chi connectivity index (χ4v) is 1.88. The van der Waals surface area contributed by atoms with Crippen molar-refractivity contribution in [1.82, 2.24) is 4.57 Å². The Labute approximate surface area is 105 Å². The van der Waals surface area contributed by atoms with Crippen LogP contribution in [0.3, 0.4) is 0 Å². The van der Waals surface area contributed by atoms with E-state index in [0.717, 1.165) is 11.3 Å². The summed E-state index contributed by atoms with van der Waals surface area (Å²) in [4.78, 5) is 0. The monoisotopic (exact) mass is 245 g/mol. The van der Waals surface area contributed by atoms with Crippen LogP contribution in [-0.4, -0.2) is 22.7 Å². The second-order valence-corrected chi connectivity index (χ2v) is 3.83. The van der Waals surface area contributed by atoms with E-state index in [9.17, 15) is 0 Å². The quantitative estimate of drug-likeness (QED) is 0.373. The standard InChI is InChI=1S/C13H15N3O2/c1-18-11-6-4-5-10(9-11)12(13(14)15-17)16-7-2-3-8-16/h2-9,12,17H,1H3,(H2,14,15). The first-order chi connectivity index (χ1) is 8.76. The van der Waals surface area contributed by atoms with Crippen molar-refractivity contribution in [2.24, 2.45) is 10.9 Å². The van der Waals surface area contributed by atoms with Gasteiger partial charge in [-0.1, -0.05) is 17.3 Å². The summed E-state index contributed by atoms with van der Waals surface area (Å²) in [6.07, 6.45) is 3.73. The van der Waals surface area contributed by atoms with Crippen molar-refractivity contribution in [2.45, 2.75) is 6.04 Å². The normalized spacial score (nSPS) is 13.3. The molecular weight excluding hydrogens is 230 g/mol. The van der Waals surface area contributed by atoms with Gasteiger partial charge in [-0.05, 0) is 29.8 Å². The van der Waals surface area contributed by atoms with Crippen molar-refractivity contribution in [3.05, 3.63) is 54.4 Å². The summed E-state index contributed by atoms with van der Waals surface area (Å²) >= 11 is 0. The molecular formula is C13H15N3O2. The highest BCUT2D eigenvalue weighted by molar-refractivity contribution is 5.87. The van der Waals surface area contributed by atoms with Gasteiger partial charge in [0.05, 0.1) is 7.11 Å². The van der Waals surface area contributed by atoms with Crippen molar-refractivity contribution in [3.63, 3.8) is 0 Å². The molecule has 1 aromatic carbocycles. The molecule has 18 heavy (non-hydrogen) atoms. The molecule has 2 rings (SSSR count). The van der Waals surface area contributed by atoms with Crippen LogP contribution in [0.4, 0.5) is 0 Å². The lowest BCUT2D eigenvalue weighted by Gasteiger charge is -2.18. The van der Waals surface area contributed by atoms with Crippen LogP contribution in [0, 0.1) is 0 Å². The minimum atomic E-state index is -0.347. The summed E-state index contributed by atoms with van der Waals surface area (Å²) in [5, 5.41) is 12.0. The molecule has 1 heterocycles. The van der Waals surface area contributed by atoms with Gasteiger partial charge in [0.25, 0.3) is 0 Å². The third kappa shape index (κ3) is 2.29. The summed E-state index contributed by atoms with van der Waals surface area (Å²) in [6, 6.07) is 10.9. The predicted octanol–water partition coefficient (Wildman–Crippen LogP) is 1.83. The Kier molecular flexibility index (Phi) is 3.52. The number of oxime groups is 1. The van der Waals surface area contributed by atoms with Gasteiger partial charge in [-0.25, -0.2) is 0 Å². The first-order valence-electron chi connectivity index (χ1n) is 5.50. The van der Waals surface area contributed by atoms with Gasteiger partial charge in [0.15, 0.2) is 5.84 Å². The molecule has 1 unspecified atom stereocenters. The highest BCUT2D eigenvalue weighted by Gasteiger charge is 2.18. The van der Waals surface area contributed by atoms with Crippen LogP contribution < -0.4 is 10.5 Å². The van der Waals surface area contributed by atoms with Gasteiger partial charge in [-0.2, -0.15) is 0 Å². The molecule has 0 fully saturated rings. The fourth-order valence-electron chi connectivity index (χ4n) is 1.88. The zero-order valence-electron chi connectivity index (χ0n) is 10.0. The van der Waals surface area contributed by atoms with Gasteiger partial charge in [0, 0.05) is 12.4 Å². The van der Waals surface area contributed by atoms with E-state index in [0.29, 0.717) is 0 Å². The number of hydrogen-bond donors (Lipinski definition) is 2. The first-order valence-corrected chi connectivity index (χ1v) is 5.50. The smallest absolute Gasteiger partial charge is 0.166 e. The van der Waals surface area contributed by atoms with E-state index in [2.05, 4.69) is 5.16 Å². The van der Waals surface area contributed by atoms with Crippen molar-refractivity contribution >= 4 is 5.84 Å². The average molecular weight is 245 g/mol. The number of ether oxygens (including phenoxy) is 1. The number of nitrogens with two attached hydrogens (primary N) is 1. The van der Waals surface area contributed by atoms with Gasteiger partial charge >= 0.3 is 0 Å². The molecule has 0 spiro atoms. The third-order valence-electron chi connectivity index (χ3n) is 2.73. The SMILES string of the molecule is COc1cccc(C(/C(N)=N/O)n2cccc2)c1. The van der Waals surface area contributed by atoms with E-state index in [1.165, 1.54) is 0 Å². The van der Waals surface area contributed by atoms with Crippen molar-refractivity contribution in [2.75, 3.05) is 7.11 Å². The molecule has 0 aliphatic carbocycles. The first kappa shape index (κ1) is 12.0. The van der Waals surface area contributed by atoms with Gasteiger partial charge < -0.3 is 20.2 Å². The molecule has 1 atom stereocenters. The maximum absolute atomic E-state index is 8.91. The molecule has 3 N–H and O–H groups in total. The Balaban J connectivity index is 2.46. The zero-order chi connectivity index (χ0) is 13.0. The molecule has 0 saturated carbocycles. The molecule has 0 amide bonds. The highest BCUT2D eigenvalue weighted by atomic mass is 16.5. The Morgan fingerprint density at radius 1 is 1.33 bits per heavy atom. The molecule has 5 nitrogen and oxygen atoms in total. The topological polar surface area (TPSA) is 72.8 Å². The maximum atomic E-state index is 8.91. The van der Waals surface area contributed by atoms with Gasteiger partial charge in [0.2, 0.25) is 0 Å². The Morgan fingerprint density at radius 3 is 2.67 bits per heavy atom. The van der Waals surface area contributed by atoms with Crippen LogP contribution in [0.2, 0.25) is 0 Å². The maximum Gasteiger partial charge on any atom is 0.166 e. The number of hydrogen-bond acceptors (Lipinski definition) is 3. The molecule has 0 saturated heterocycles. The predicted molar refractivity (Wildman–Crippen MR) is 69.0 cm³/mol. The lowest BCUT2D eigenvalue weighted by molar-refractivity contribution is 0.315. The minimum absolute atomic E-state index is 0.124. The summed E-state index contributed by atoms with van der Waals surface area (Å²) in [5.74, 6) is 0.856. The Hall–Kier alpha value is -2.43. The molecule has 94 valence electrons. The van der Waals surface area contributed by atoms with Crippen molar-refractivity contribution in [1.29, 1.82) is 0 Å². The zero-order valence-corrected chi connectivity index (χ0v) is 10.0. The Morgan fingerprint density at radius 2 is 2.06 bits per heavy atom. The van der Waals surface area contributed by atoms with Gasteiger partial charge in [-0.3, -0.25) is 0 Å². The average Bonchev–Trinajstić information content (AvgIpc) is 2.93. The summed E-state index contributed by atoms with van der Waals surface area (Å²) in [7, 11) is 1.60. The van der Waals surface area contributed by atoms with E-state index in [-0.39, 0.29) is 11.9 Å². The number of nitrogens with zero attached hydrogens (tertiary/aromatic N) is 2. The number of rotatable bonds is 4. The number of aromatic nitrogens is 1. The third-order valence-corrected chi connectivity index (χ3v) is 2.73. The van der Waals surface area contributed by atoms with E-state index in [4.69, 9.17) is 15.7 Å². The Bertz CT molecular complexity index is 535. The second kappa shape index (κ2) is 5.27. The van der Waals surface area contributed by atoms with Crippen LogP contribution in [0.1, 0.15) is 11.6 Å². The van der Waals surface area contributed by atoms with Crippen LogP contribution in [-0.2, 0) is 0 Å². The van der Waals surface area contributed by atoms with E-state index >= 15 is 0 Å². The second-order valence-electron chi connectivity index (χ2n) is 3.83. The van der Waals surface area contributed by atoms with Gasteiger partial charge in [-0.15, -0.1) is 0 Å². The molecule has 1 aromatic heterocycles. The summed E-state index contributed by atoms with van der Waals surface area (Å²) in [6.45, 7) is 0. The lowest BCUT2D eigenvalue weighted by Crippen LogP contribution is -2.27. The molecule has 5 heteroatoms. The van der Waals surface area contributed by atoms with Crippen LogP contribution >= 0.6 is 0 Å². The van der Waals surface area contributed by atoms with E-state index in [1.54, 1.807) is 7.11 Å².